The molecule has 0 fully saturated rings. The van der Waals surface area contributed by atoms with Gasteiger partial charge in [0.25, 0.3) is 0 Å². The number of halogens is 2. The number of imidazole rings is 1. The summed E-state index contributed by atoms with van der Waals surface area (Å²) in [5.41, 5.74) is 4.33. The predicted octanol–water partition coefficient (Wildman–Crippen LogP) is 4.84. The average molecular weight is 336 g/mol. The largest absolute Gasteiger partial charge is 0.295 e. The Morgan fingerprint density at radius 3 is 2.74 bits per heavy atom. The molecule has 0 bridgehead atoms. The van der Waals surface area contributed by atoms with Crippen molar-refractivity contribution >= 4 is 38.6 Å². The van der Waals surface area contributed by atoms with Gasteiger partial charge >= 0.3 is 0 Å². The topological polar surface area (TPSA) is 17.8 Å². The van der Waals surface area contributed by atoms with Crippen molar-refractivity contribution < 1.29 is 0 Å². The van der Waals surface area contributed by atoms with E-state index in [0.29, 0.717) is 5.88 Å². The molecule has 3 aromatic rings. The second kappa shape index (κ2) is 4.99. The normalized spacial score (nSPS) is 11.1. The van der Waals surface area contributed by atoms with Gasteiger partial charge in [-0.15, -0.1) is 11.6 Å². The summed E-state index contributed by atoms with van der Waals surface area (Å²) in [6.45, 7) is 2.07. The number of nitrogens with zero attached hydrogens (tertiary/aromatic N) is 2. The second-order valence-corrected chi connectivity index (χ2v) is 5.54. The Morgan fingerprint density at radius 1 is 1.21 bits per heavy atom. The molecule has 0 N–H and O–H groups in total. The molecule has 96 valence electrons. The van der Waals surface area contributed by atoms with Crippen molar-refractivity contribution in [3.05, 3.63) is 58.3 Å². The van der Waals surface area contributed by atoms with E-state index in [1.165, 1.54) is 5.56 Å². The summed E-state index contributed by atoms with van der Waals surface area (Å²) in [5.74, 6) is 1.25. The van der Waals surface area contributed by atoms with Crippen LogP contribution in [0.15, 0.2) is 46.9 Å². The van der Waals surface area contributed by atoms with Crippen LogP contribution in [0, 0.1) is 6.92 Å². The summed E-state index contributed by atoms with van der Waals surface area (Å²) in [6, 6.07) is 14.3. The van der Waals surface area contributed by atoms with Gasteiger partial charge in [-0.3, -0.25) is 4.57 Å². The van der Waals surface area contributed by atoms with E-state index in [-0.39, 0.29) is 0 Å². The first kappa shape index (κ1) is 12.7. The third-order valence-corrected chi connectivity index (χ3v) is 4.26. The Morgan fingerprint density at radius 2 is 2.00 bits per heavy atom. The van der Waals surface area contributed by atoms with Crippen LogP contribution in [0.2, 0.25) is 0 Å². The smallest absolute Gasteiger partial charge is 0.129 e. The number of fused-ring (bicyclic) bond motifs is 1. The molecular formula is C15H12BrClN2. The number of hydrogen-bond donors (Lipinski definition) is 0. The lowest BCUT2D eigenvalue weighted by atomic mass is 10.2. The van der Waals surface area contributed by atoms with Gasteiger partial charge in [-0.25, -0.2) is 4.98 Å². The molecule has 4 heteroatoms. The van der Waals surface area contributed by atoms with Crippen molar-refractivity contribution in [2.45, 2.75) is 12.8 Å². The first-order valence-corrected chi connectivity index (χ1v) is 7.32. The summed E-state index contributed by atoms with van der Waals surface area (Å²) in [6.07, 6.45) is 0. The Hall–Kier alpha value is -1.32. The zero-order valence-electron chi connectivity index (χ0n) is 10.4. The van der Waals surface area contributed by atoms with E-state index in [2.05, 4.69) is 56.7 Å². The molecule has 0 amide bonds. The Bertz CT molecular complexity index is 749. The molecule has 0 aliphatic rings. The van der Waals surface area contributed by atoms with E-state index < -0.39 is 0 Å². The van der Waals surface area contributed by atoms with Crippen molar-refractivity contribution in [1.29, 1.82) is 0 Å². The van der Waals surface area contributed by atoms with Gasteiger partial charge in [0.2, 0.25) is 0 Å². The van der Waals surface area contributed by atoms with E-state index >= 15 is 0 Å². The van der Waals surface area contributed by atoms with Gasteiger partial charge in [0.05, 0.1) is 16.9 Å². The third-order valence-electron chi connectivity index (χ3n) is 3.16. The Kier molecular flexibility index (Phi) is 3.33. The van der Waals surface area contributed by atoms with E-state index in [0.717, 1.165) is 27.0 Å². The van der Waals surface area contributed by atoms with Gasteiger partial charge < -0.3 is 0 Å². The highest BCUT2D eigenvalue weighted by molar-refractivity contribution is 9.10. The lowest BCUT2D eigenvalue weighted by Gasteiger charge is -2.09. The molecule has 2 aromatic carbocycles. The van der Waals surface area contributed by atoms with Crippen molar-refractivity contribution in [3.8, 4) is 5.69 Å². The standard InChI is InChI=1S/C15H12BrClN2/c1-10-6-7-11(8-12(10)16)19-14-5-3-2-4-13(14)18-15(19)9-17/h2-8H,9H2,1H3. The molecule has 0 aliphatic carbocycles. The van der Waals surface area contributed by atoms with Crippen LogP contribution < -0.4 is 0 Å². The number of benzene rings is 2. The summed E-state index contributed by atoms with van der Waals surface area (Å²) >= 11 is 9.60. The van der Waals surface area contributed by atoms with Gasteiger partial charge in [-0.2, -0.15) is 0 Å². The number of alkyl halides is 1. The van der Waals surface area contributed by atoms with E-state index in [1.807, 2.05) is 18.2 Å². The SMILES string of the molecule is Cc1ccc(-n2c(CCl)nc3ccccc32)cc1Br. The molecule has 3 rings (SSSR count). The average Bonchev–Trinajstić information content (AvgIpc) is 2.80. The van der Waals surface area contributed by atoms with E-state index in [1.54, 1.807) is 0 Å². The minimum absolute atomic E-state index is 0.389. The van der Waals surface area contributed by atoms with Gasteiger partial charge in [0.1, 0.15) is 5.82 Å². The minimum Gasteiger partial charge on any atom is -0.295 e. The van der Waals surface area contributed by atoms with Gasteiger partial charge in [-0.1, -0.05) is 34.1 Å². The summed E-state index contributed by atoms with van der Waals surface area (Å²) in [5, 5.41) is 0. The van der Waals surface area contributed by atoms with Crippen LogP contribution in [-0.2, 0) is 5.88 Å². The Balaban J connectivity index is 2.31. The first-order chi connectivity index (χ1) is 9.20. The number of aromatic nitrogens is 2. The highest BCUT2D eigenvalue weighted by Gasteiger charge is 2.11. The fourth-order valence-electron chi connectivity index (χ4n) is 2.17. The number of aryl methyl sites for hydroxylation is 1. The van der Waals surface area contributed by atoms with Gasteiger partial charge in [-0.05, 0) is 36.8 Å². The van der Waals surface area contributed by atoms with E-state index in [9.17, 15) is 0 Å². The number of para-hydroxylation sites is 2. The van der Waals surface area contributed by atoms with Crippen molar-refractivity contribution in [2.75, 3.05) is 0 Å². The second-order valence-electron chi connectivity index (χ2n) is 4.42. The highest BCUT2D eigenvalue weighted by atomic mass is 79.9. The zero-order valence-corrected chi connectivity index (χ0v) is 12.7. The quantitative estimate of drug-likeness (QED) is 0.613. The van der Waals surface area contributed by atoms with Crippen LogP contribution in [0.5, 0.6) is 0 Å². The predicted molar refractivity (Wildman–Crippen MR) is 83.1 cm³/mol. The molecule has 0 atom stereocenters. The molecule has 0 unspecified atom stereocenters. The van der Waals surface area contributed by atoms with Crippen LogP contribution >= 0.6 is 27.5 Å². The summed E-state index contributed by atoms with van der Waals surface area (Å²) < 4.78 is 3.19. The summed E-state index contributed by atoms with van der Waals surface area (Å²) in [7, 11) is 0. The molecule has 1 heterocycles. The maximum absolute atomic E-state index is 6.03. The number of hydrogen-bond acceptors (Lipinski definition) is 1. The minimum atomic E-state index is 0.389. The molecule has 2 nitrogen and oxygen atoms in total. The van der Waals surface area contributed by atoms with Crippen LogP contribution in [0.25, 0.3) is 16.7 Å². The van der Waals surface area contributed by atoms with Crippen molar-refractivity contribution in [3.63, 3.8) is 0 Å². The van der Waals surface area contributed by atoms with Gasteiger partial charge in [0.15, 0.2) is 0 Å². The first-order valence-electron chi connectivity index (χ1n) is 5.99. The molecule has 1 aromatic heterocycles. The lowest BCUT2D eigenvalue weighted by molar-refractivity contribution is 0.980. The van der Waals surface area contributed by atoms with Crippen molar-refractivity contribution in [1.82, 2.24) is 9.55 Å². The third kappa shape index (κ3) is 2.17. The maximum atomic E-state index is 6.03. The molecule has 0 saturated heterocycles. The highest BCUT2D eigenvalue weighted by Crippen LogP contribution is 2.26. The molecule has 0 spiro atoms. The lowest BCUT2D eigenvalue weighted by Crippen LogP contribution is -1.99. The monoisotopic (exact) mass is 334 g/mol. The van der Waals surface area contributed by atoms with Crippen LogP contribution in [0.3, 0.4) is 0 Å². The fraction of sp³-hybridized carbons (Fsp3) is 0.133. The molecule has 0 radical (unpaired) electrons. The maximum Gasteiger partial charge on any atom is 0.129 e. The van der Waals surface area contributed by atoms with Gasteiger partial charge in [0, 0.05) is 10.2 Å². The Labute approximate surface area is 125 Å². The van der Waals surface area contributed by atoms with E-state index in [4.69, 9.17) is 11.6 Å². The molecular weight excluding hydrogens is 324 g/mol. The van der Waals surface area contributed by atoms with Crippen LogP contribution in [0.1, 0.15) is 11.4 Å². The molecule has 0 saturated carbocycles. The fourth-order valence-corrected chi connectivity index (χ4v) is 2.72. The molecule has 0 aliphatic heterocycles. The number of rotatable bonds is 2. The molecule has 19 heavy (non-hydrogen) atoms. The van der Waals surface area contributed by atoms with Crippen molar-refractivity contribution in [2.24, 2.45) is 0 Å². The zero-order chi connectivity index (χ0) is 13.4. The van der Waals surface area contributed by atoms with Crippen LogP contribution in [0.4, 0.5) is 0 Å². The summed E-state index contributed by atoms with van der Waals surface area (Å²) in [4.78, 5) is 4.58. The van der Waals surface area contributed by atoms with Crippen LogP contribution in [-0.4, -0.2) is 9.55 Å².